The maximum Gasteiger partial charge on any atom is 0.227 e. The molecule has 0 unspecified atom stereocenters. The average molecular weight is 393 g/mol. The van der Waals surface area contributed by atoms with Crippen LogP contribution in [0.2, 0.25) is 0 Å². The molecule has 9 heteroatoms. The van der Waals surface area contributed by atoms with Crippen LogP contribution in [0.1, 0.15) is 17.0 Å². The Kier molecular flexibility index (Phi) is 5.37. The van der Waals surface area contributed by atoms with E-state index in [2.05, 4.69) is 30.3 Å². The van der Waals surface area contributed by atoms with E-state index in [0.29, 0.717) is 44.2 Å². The summed E-state index contributed by atoms with van der Waals surface area (Å²) in [5, 5.41) is 7.10. The van der Waals surface area contributed by atoms with Crippen LogP contribution in [0, 0.1) is 13.8 Å². The van der Waals surface area contributed by atoms with Crippen molar-refractivity contribution in [2.24, 2.45) is 0 Å². The van der Waals surface area contributed by atoms with Gasteiger partial charge in [0.15, 0.2) is 0 Å². The summed E-state index contributed by atoms with van der Waals surface area (Å²) in [7, 11) is 0. The van der Waals surface area contributed by atoms with Gasteiger partial charge in [0.05, 0.1) is 12.1 Å². The molecule has 0 spiro atoms. The molecule has 0 bridgehead atoms. The summed E-state index contributed by atoms with van der Waals surface area (Å²) in [6.45, 7) is 6.43. The Morgan fingerprint density at radius 1 is 1.10 bits per heavy atom. The second kappa shape index (κ2) is 8.26. The molecule has 1 N–H and O–H groups in total. The zero-order valence-corrected chi connectivity index (χ0v) is 16.5. The van der Waals surface area contributed by atoms with Gasteiger partial charge in [-0.2, -0.15) is 0 Å². The second-order valence-electron chi connectivity index (χ2n) is 6.95. The van der Waals surface area contributed by atoms with Gasteiger partial charge in [-0.25, -0.2) is 15.0 Å². The van der Waals surface area contributed by atoms with Crippen molar-refractivity contribution in [3.8, 4) is 0 Å². The number of aryl methyl sites for hydroxylation is 2. The van der Waals surface area contributed by atoms with Crippen molar-refractivity contribution in [1.82, 2.24) is 25.0 Å². The minimum atomic E-state index is 0.0965. The van der Waals surface area contributed by atoms with E-state index in [1.807, 2.05) is 43.0 Å². The number of nitrogens with zero attached hydrogens (tertiary/aromatic N) is 6. The van der Waals surface area contributed by atoms with Gasteiger partial charge in [-0.15, -0.1) is 0 Å². The molecule has 29 heavy (non-hydrogen) atoms. The Morgan fingerprint density at radius 3 is 2.62 bits per heavy atom. The number of pyridine rings is 1. The summed E-state index contributed by atoms with van der Waals surface area (Å²) < 4.78 is 5.16. The predicted molar refractivity (Wildman–Crippen MR) is 108 cm³/mol. The third-order valence-electron chi connectivity index (χ3n) is 5.04. The van der Waals surface area contributed by atoms with Gasteiger partial charge in [0.25, 0.3) is 0 Å². The van der Waals surface area contributed by atoms with Gasteiger partial charge in [-0.1, -0.05) is 11.2 Å². The highest BCUT2D eigenvalue weighted by Gasteiger charge is 2.24. The number of amides is 1. The van der Waals surface area contributed by atoms with Gasteiger partial charge in [0, 0.05) is 44.0 Å². The summed E-state index contributed by atoms with van der Waals surface area (Å²) in [5.74, 6) is 3.05. The summed E-state index contributed by atoms with van der Waals surface area (Å²) in [5.41, 5.74) is 1.67. The van der Waals surface area contributed by atoms with Crippen molar-refractivity contribution in [3.05, 3.63) is 53.8 Å². The lowest BCUT2D eigenvalue weighted by atomic mass is 10.1. The van der Waals surface area contributed by atoms with Crippen LogP contribution in [0.25, 0.3) is 0 Å². The molecule has 150 valence electrons. The minimum Gasteiger partial charge on any atom is -0.361 e. The molecule has 0 radical (unpaired) electrons. The molecule has 3 aromatic rings. The van der Waals surface area contributed by atoms with E-state index in [9.17, 15) is 4.79 Å². The van der Waals surface area contributed by atoms with Crippen LogP contribution in [-0.2, 0) is 11.2 Å². The summed E-state index contributed by atoms with van der Waals surface area (Å²) in [4.78, 5) is 29.6. The van der Waals surface area contributed by atoms with Gasteiger partial charge >= 0.3 is 0 Å². The van der Waals surface area contributed by atoms with Crippen LogP contribution >= 0.6 is 0 Å². The van der Waals surface area contributed by atoms with Gasteiger partial charge < -0.3 is 19.6 Å². The summed E-state index contributed by atoms with van der Waals surface area (Å²) in [6.07, 6.45) is 3.59. The normalized spacial score (nSPS) is 14.1. The zero-order chi connectivity index (χ0) is 20.2. The fourth-order valence-electron chi connectivity index (χ4n) is 3.36. The number of rotatable bonds is 5. The number of nitrogens with one attached hydrogen (secondary N) is 1. The first kappa shape index (κ1) is 18.9. The predicted octanol–water partition coefficient (Wildman–Crippen LogP) is 2.11. The smallest absolute Gasteiger partial charge is 0.227 e. The van der Waals surface area contributed by atoms with Crippen molar-refractivity contribution < 1.29 is 9.32 Å². The molecule has 1 saturated heterocycles. The van der Waals surface area contributed by atoms with E-state index in [-0.39, 0.29) is 5.91 Å². The van der Waals surface area contributed by atoms with Crippen LogP contribution in [0.5, 0.6) is 0 Å². The average Bonchev–Trinajstić information content (AvgIpc) is 3.07. The van der Waals surface area contributed by atoms with Gasteiger partial charge in [-0.3, -0.25) is 4.79 Å². The molecule has 9 nitrogen and oxygen atoms in total. The van der Waals surface area contributed by atoms with E-state index in [1.54, 1.807) is 6.20 Å². The lowest BCUT2D eigenvalue weighted by Gasteiger charge is -2.35. The quantitative estimate of drug-likeness (QED) is 0.703. The highest BCUT2D eigenvalue weighted by Crippen LogP contribution is 2.19. The maximum absolute atomic E-state index is 12.7. The molecule has 1 amide bonds. The number of piperazine rings is 1. The van der Waals surface area contributed by atoms with Crippen LogP contribution in [0.4, 0.5) is 17.5 Å². The van der Waals surface area contributed by atoms with E-state index >= 15 is 0 Å². The first-order valence-electron chi connectivity index (χ1n) is 9.55. The van der Waals surface area contributed by atoms with Crippen molar-refractivity contribution >= 4 is 23.4 Å². The number of anilines is 3. The summed E-state index contributed by atoms with van der Waals surface area (Å²) >= 11 is 0. The maximum atomic E-state index is 12.7. The topological polar surface area (TPSA) is 100 Å². The standard InChI is InChI=1S/C20H23N7O2/c1-14-16(15(2)29-25-14)11-20(28)27-9-7-26(8-10-27)19-12-18(22-13-23-19)24-17-5-3-4-6-21-17/h3-6,12-13H,7-11H2,1-2H3,(H,21,22,23,24). The number of hydrogen-bond acceptors (Lipinski definition) is 8. The van der Waals surface area contributed by atoms with E-state index in [0.717, 1.165) is 22.9 Å². The molecule has 4 rings (SSSR count). The van der Waals surface area contributed by atoms with Crippen molar-refractivity contribution in [1.29, 1.82) is 0 Å². The van der Waals surface area contributed by atoms with Crippen molar-refractivity contribution in [2.45, 2.75) is 20.3 Å². The lowest BCUT2D eigenvalue weighted by molar-refractivity contribution is -0.130. The van der Waals surface area contributed by atoms with Crippen LogP contribution in [0.15, 0.2) is 41.3 Å². The van der Waals surface area contributed by atoms with Crippen LogP contribution in [0.3, 0.4) is 0 Å². The third kappa shape index (κ3) is 4.34. The van der Waals surface area contributed by atoms with E-state index < -0.39 is 0 Å². The largest absolute Gasteiger partial charge is 0.361 e. The highest BCUT2D eigenvalue weighted by atomic mass is 16.5. The highest BCUT2D eigenvalue weighted by molar-refractivity contribution is 5.79. The minimum absolute atomic E-state index is 0.0965. The van der Waals surface area contributed by atoms with Gasteiger partial charge in [-0.05, 0) is 26.0 Å². The Labute approximate surface area is 168 Å². The van der Waals surface area contributed by atoms with Gasteiger partial charge in [0.1, 0.15) is 29.5 Å². The monoisotopic (exact) mass is 393 g/mol. The first-order chi connectivity index (χ1) is 14.1. The molecule has 3 aromatic heterocycles. The molecule has 1 aliphatic rings. The third-order valence-corrected chi connectivity index (χ3v) is 5.04. The van der Waals surface area contributed by atoms with Crippen molar-refractivity contribution in [2.75, 3.05) is 36.4 Å². The first-order valence-corrected chi connectivity index (χ1v) is 9.55. The Morgan fingerprint density at radius 2 is 1.93 bits per heavy atom. The van der Waals surface area contributed by atoms with Crippen LogP contribution < -0.4 is 10.2 Å². The zero-order valence-electron chi connectivity index (χ0n) is 16.5. The Bertz CT molecular complexity index is 962. The molecule has 4 heterocycles. The Balaban J connectivity index is 1.36. The van der Waals surface area contributed by atoms with E-state index in [4.69, 9.17) is 4.52 Å². The molecular formula is C20H23N7O2. The van der Waals surface area contributed by atoms with Gasteiger partial charge in [0.2, 0.25) is 5.91 Å². The molecule has 0 saturated carbocycles. The molecule has 0 aliphatic carbocycles. The second-order valence-corrected chi connectivity index (χ2v) is 6.95. The molecule has 1 fully saturated rings. The molecule has 1 aliphatic heterocycles. The fraction of sp³-hybridized carbons (Fsp3) is 0.350. The lowest BCUT2D eigenvalue weighted by Crippen LogP contribution is -2.49. The Hall–Kier alpha value is -3.49. The summed E-state index contributed by atoms with van der Waals surface area (Å²) in [6, 6.07) is 7.56. The SMILES string of the molecule is Cc1noc(C)c1CC(=O)N1CCN(c2cc(Nc3ccccn3)ncn2)CC1. The fourth-order valence-corrected chi connectivity index (χ4v) is 3.36. The molecular weight excluding hydrogens is 370 g/mol. The van der Waals surface area contributed by atoms with Crippen LogP contribution in [-0.4, -0.2) is 57.1 Å². The number of carbonyl (C=O) groups excluding carboxylic acids is 1. The number of hydrogen-bond donors (Lipinski definition) is 1. The van der Waals surface area contributed by atoms with E-state index in [1.165, 1.54) is 6.33 Å². The molecule has 0 atom stereocenters. The number of carbonyl (C=O) groups is 1. The number of aromatic nitrogens is 4. The van der Waals surface area contributed by atoms with Crippen molar-refractivity contribution in [3.63, 3.8) is 0 Å². The molecule has 0 aromatic carbocycles.